The number of anilines is 2. The van der Waals surface area contributed by atoms with Crippen LogP contribution < -0.4 is 11.5 Å². The molecule has 0 fully saturated rings. The van der Waals surface area contributed by atoms with Crippen LogP contribution in [0.5, 0.6) is 0 Å². The van der Waals surface area contributed by atoms with E-state index in [0.29, 0.717) is 11.4 Å². The molecule has 1 aromatic rings. The van der Waals surface area contributed by atoms with E-state index in [0.717, 1.165) is 0 Å². The first-order chi connectivity index (χ1) is 6.93. The maximum atomic E-state index is 9.20. The molecule has 86 valence electrons. The second-order valence-corrected chi connectivity index (χ2v) is 3.52. The number of hydrogen-bond acceptors (Lipinski definition) is 6. The van der Waals surface area contributed by atoms with E-state index in [9.17, 15) is 20.2 Å². The Labute approximate surface area is 93.3 Å². The van der Waals surface area contributed by atoms with Gasteiger partial charge in [-0.25, -0.2) is 0 Å². The molecule has 0 heterocycles. The Morgan fingerprint density at radius 2 is 1.33 bits per heavy atom. The number of hydrogen-bond donors (Lipinski definition) is 2. The molecule has 0 aliphatic heterocycles. The minimum atomic E-state index is -1.58. The minimum absolute atomic E-state index is 0.646. The molecule has 0 aromatic heterocycles. The number of nitrogen functional groups attached to an aromatic ring is 2. The van der Waals surface area contributed by atoms with E-state index in [1.54, 1.807) is 12.1 Å². The van der Waals surface area contributed by atoms with Crippen LogP contribution in [0, 0.1) is 20.2 Å². The third-order valence-corrected chi connectivity index (χ3v) is 1.61. The number of nitrogens with two attached hydrogens (primary N) is 2. The van der Waals surface area contributed by atoms with Gasteiger partial charge in [-0.2, -0.15) is 0 Å². The molecule has 0 radical (unpaired) electrons. The van der Waals surface area contributed by atoms with Gasteiger partial charge in [0.05, 0.1) is 11.4 Å². The molecule has 0 unspecified atom stereocenters. The molecular formula is C6H8N4O4Pd. The zero-order valence-corrected chi connectivity index (χ0v) is 8.86. The van der Waals surface area contributed by atoms with Crippen molar-refractivity contribution in [3.05, 3.63) is 44.5 Å². The molecule has 0 bridgehead atoms. The molecule has 1 aromatic carbocycles. The molecular weight excluding hydrogens is 299 g/mol. The number of nitrogens with zero attached hydrogens (tertiary/aromatic N) is 2. The van der Waals surface area contributed by atoms with Gasteiger partial charge in [-0.15, -0.1) is 0 Å². The monoisotopic (exact) mass is 306 g/mol. The van der Waals surface area contributed by atoms with Crippen LogP contribution >= 0.6 is 0 Å². The van der Waals surface area contributed by atoms with Gasteiger partial charge in [0.1, 0.15) is 0 Å². The fourth-order valence-corrected chi connectivity index (χ4v) is 0.760. The molecule has 15 heavy (non-hydrogen) atoms. The Morgan fingerprint density at radius 1 is 1.00 bits per heavy atom. The van der Waals surface area contributed by atoms with Crippen molar-refractivity contribution in [1.29, 1.82) is 0 Å². The van der Waals surface area contributed by atoms with Crippen LogP contribution in [-0.2, 0) is 18.5 Å². The number of nitro groups is 2. The van der Waals surface area contributed by atoms with Gasteiger partial charge >= 0.3 is 45.8 Å². The molecule has 0 saturated heterocycles. The van der Waals surface area contributed by atoms with E-state index < -0.39 is 25.6 Å². The van der Waals surface area contributed by atoms with Gasteiger partial charge in [0.15, 0.2) is 0 Å². The summed E-state index contributed by atoms with van der Waals surface area (Å²) in [6.07, 6.45) is 0. The molecule has 0 aliphatic rings. The van der Waals surface area contributed by atoms with Crippen LogP contribution in [0.4, 0.5) is 11.4 Å². The SMILES string of the molecule is Nc1ccccc1N.O=[N+]([O-])[Pd][N+](=O)[O-]. The summed E-state index contributed by atoms with van der Waals surface area (Å²) < 4.78 is -1.90. The molecule has 8 nitrogen and oxygen atoms in total. The van der Waals surface area contributed by atoms with Gasteiger partial charge in [0, 0.05) is 0 Å². The van der Waals surface area contributed by atoms with Gasteiger partial charge in [-0.05, 0) is 12.1 Å². The van der Waals surface area contributed by atoms with Gasteiger partial charge < -0.3 is 11.5 Å². The number of para-hydroxylation sites is 2. The molecule has 0 aliphatic carbocycles. The summed E-state index contributed by atoms with van der Waals surface area (Å²) in [6.45, 7) is 0. The van der Waals surface area contributed by atoms with Gasteiger partial charge in [-0.1, -0.05) is 12.1 Å². The van der Waals surface area contributed by atoms with Gasteiger partial charge in [0.25, 0.3) is 0 Å². The van der Waals surface area contributed by atoms with E-state index in [2.05, 4.69) is 0 Å². The maximum absolute atomic E-state index is 9.20. The fraction of sp³-hybridized carbons (Fsp3) is 0. The first-order valence-corrected chi connectivity index (χ1v) is 4.81. The van der Waals surface area contributed by atoms with E-state index in [4.69, 9.17) is 11.5 Å². The predicted molar refractivity (Wildman–Crippen MR) is 49.3 cm³/mol. The average Bonchev–Trinajstić information content (AvgIpc) is 2.08. The van der Waals surface area contributed by atoms with Crippen LogP contribution in [0.1, 0.15) is 0 Å². The van der Waals surface area contributed by atoms with Crippen molar-refractivity contribution in [3.63, 3.8) is 0 Å². The van der Waals surface area contributed by atoms with Gasteiger partial charge in [-0.3, -0.25) is 0 Å². The second-order valence-electron chi connectivity index (χ2n) is 2.07. The summed E-state index contributed by atoms with van der Waals surface area (Å²) in [6, 6.07) is 7.25. The molecule has 0 spiro atoms. The summed E-state index contributed by atoms with van der Waals surface area (Å²) in [5, 5.41) is 18.4. The fourth-order valence-electron chi connectivity index (χ4n) is 0.553. The molecule has 0 saturated carbocycles. The molecule has 1 rings (SSSR count). The van der Waals surface area contributed by atoms with Crippen LogP contribution in [0.2, 0.25) is 0 Å². The molecule has 9 heteroatoms. The van der Waals surface area contributed by atoms with E-state index in [1.807, 2.05) is 12.1 Å². The summed E-state index contributed by atoms with van der Waals surface area (Å²) in [4.78, 5) is 18.4. The number of rotatable bonds is 2. The first-order valence-electron chi connectivity index (χ1n) is 3.42. The summed E-state index contributed by atoms with van der Waals surface area (Å²) >= 11 is -1.58. The van der Waals surface area contributed by atoms with Crippen LogP contribution in [0.15, 0.2) is 24.3 Å². The van der Waals surface area contributed by atoms with E-state index >= 15 is 0 Å². The quantitative estimate of drug-likeness (QED) is 0.349. The average molecular weight is 307 g/mol. The summed E-state index contributed by atoms with van der Waals surface area (Å²) in [5.41, 5.74) is 12.1. The summed E-state index contributed by atoms with van der Waals surface area (Å²) in [5.74, 6) is 0. The van der Waals surface area contributed by atoms with Gasteiger partial charge in [0.2, 0.25) is 0 Å². The standard InChI is InChI=1S/C6H8N2.2NO2.Pd/c7-5-3-1-2-4-6(5)8;2*2-1-3;/h1-4H,7-8H2;;;. The zero-order valence-electron chi connectivity index (χ0n) is 7.31. The van der Waals surface area contributed by atoms with Crippen LogP contribution in [-0.4, -0.2) is 7.11 Å². The van der Waals surface area contributed by atoms with Crippen molar-refractivity contribution in [2.45, 2.75) is 0 Å². The Kier molecular flexibility index (Phi) is 5.93. The predicted octanol–water partition coefficient (Wildman–Crippen LogP) is 0.303. The third-order valence-electron chi connectivity index (χ3n) is 1.10. The summed E-state index contributed by atoms with van der Waals surface area (Å²) in [7, 11) is 0. The van der Waals surface area contributed by atoms with Crippen molar-refractivity contribution >= 4 is 11.4 Å². The van der Waals surface area contributed by atoms with E-state index in [1.165, 1.54) is 0 Å². The van der Waals surface area contributed by atoms with Crippen molar-refractivity contribution in [1.82, 2.24) is 0 Å². The Hall–Kier alpha value is -1.72. The van der Waals surface area contributed by atoms with E-state index in [-0.39, 0.29) is 0 Å². The Morgan fingerprint density at radius 3 is 1.47 bits per heavy atom. The number of benzene rings is 1. The third kappa shape index (κ3) is 7.36. The Balaban J connectivity index is 0.000000265. The molecule has 0 amide bonds. The molecule has 0 atom stereocenters. The van der Waals surface area contributed by atoms with Crippen molar-refractivity contribution in [2.75, 3.05) is 11.5 Å². The Bertz CT molecular complexity index is 326. The van der Waals surface area contributed by atoms with Crippen molar-refractivity contribution < 1.29 is 25.6 Å². The zero-order chi connectivity index (χ0) is 11.8. The van der Waals surface area contributed by atoms with Crippen molar-refractivity contribution in [3.8, 4) is 0 Å². The molecule has 4 N–H and O–H groups in total. The topological polar surface area (TPSA) is 138 Å². The second kappa shape index (κ2) is 6.69. The normalized spacial score (nSPS) is 8.80. The van der Waals surface area contributed by atoms with Crippen LogP contribution in [0.3, 0.4) is 0 Å². The first kappa shape index (κ1) is 13.3. The van der Waals surface area contributed by atoms with Crippen molar-refractivity contribution in [2.24, 2.45) is 0 Å². The van der Waals surface area contributed by atoms with Crippen LogP contribution in [0.25, 0.3) is 0 Å².